The molecule has 2 heterocycles. The van der Waals surface area contributed by atoms with Crippen LogP contribution in [-0.2, 0) is 17.4 Å². The van der Waals surface area contributed by atoms with Crippen LogP contribution >= 0.6 is 7.82 Å². The van der Waals surface area contributed by atoms with Gasteiger partial charge in [0.2, 0.25) is 0 Å². The summed E-state index contributed by atoms with van der Waals surface area (Å²) < 4.78 is 8.88. The zero-order chi connectivity index (χ0) is 20.8. The van der Waals surface area contributed by atoms with Crippen LogP contribution in [0.2, 0.25) is 0 Å². The largest absolute Gasteiger partial charge is 0.466 e. The van der Waals surface area contributed by atoms with Gasteiger partial charge < -0.3 is 14.7 Å². The fraction of sp³-hybridized carbons (Fsp3) is 0.182. The highest BCUT2D eigenvalue weighted by molar-refractivity contribution is 7.45. The van der Waals surface area contributed by atoms with Gasteiger partial charge in [-0.25, -0.2) is 14.5 Å². The first-order chi connectivity index (χ1) is 13.8. The van der Waals surface area contributed by atoms with Crippen LogP contribution in [0.4, 0.5) is 11.4 Å². The Morgan fingerprint density at radius 3 is 2.21 bits per heavy atom. The zero-order valence-electron chi connectivity index (χ0n) is 16.1. The van der Waals surface area contributed by atoms with E-state index in [1.165, 1.54) is 32.7 Å². The van der Waals surface area contributed by atoms with Crippen LogP contribution in [0.5, 0.6) is 0 Å². The SMILES string of the molecule is CCc1ccc2c(c1CC)-c1c3c(ccc1=N2)=c1ccccc1=N3.O=P(O)(O)O. The molecule has 7 heteroatoms. The zero-order valence-corrected chi connectivity index (χ0v) is 17.0. The van der Waals surface area contributed by atoms with Crippen molar-refractivity contribution >= 4 is 19.2 Å². The van der Waals surface area contributed by atoms with Crippen molar-refractivity contribution in [1.29, 1.82) is 0 Å². The fourth-order valence-corrected chi connectivity index (χ4v) is 4.09. The summed E-state index contributed by atoms with van der Waals surface area (Å²) in [5.74, 6) is 0. The number of fused-ring (bicyclic) bond motifs is 6. The maximum atomic E-state index is 8.88. The third-order valence-corrected chi connectivity index (χ3v) is 5.20. The molecule has 29 heavy (non-hydrogen) atoms. The molecule has 5 rings (SSSR count). The minimum Gasteiger partial charge on any atom is -0.303 e. The average Bonchev–Trinajstić information content (AvgIpc) is 3.23. The standard InChI is InChI=1S/C22H18N2.H3O4P/c1-3-13-9-11-18-20(14(13)4-2)21-19(23-18)12-10-16-15-7-5-6-8-17(15)24-22(16)21;1-5(2,3)4/h5-12H,3-4H2,1-2H3;(H3,1,2,3,4). The molecule has 0 aromatic heterocycles. The van der Waals surface area contributed by atoms with Crippen molar-refractivity contribution in [3.8, 4) is 11.1 Å². The highest BCUT2D eigenvalue weighted by atomic mass is 31.2. The Morgan fingerprint density at radius 2 is 1.52 bits per heavy atom. The van der Waals surface area contributed by atoms with Crippen molar-refractivity contribution in [2.75, 3.05) is 0 Å². The molecular formula is C22H21N2O4P. The lowest BCUT2D eigenvalue weighted by Crippen LogP contribution is -2.02. The summed E-state index contributed by atoms with van der Waals surface area (Å²) in [6, 6.07) is 17.1. The second-order valence-electron chi connectivity index (χ2n) is 6.91. The molecule has 0 atom stereocenters. The van der Waals surface area contributed by atoms with Gasteiger partial charge >= 0.3 is 7.82 Å². The lowest BCUT2D eigenvalue weighted by molar-refractivity contribution is 0.275. The van der Waals surface area contributed by atoms with Crippen LogP contribution in [0, 0.1) is 10.4 Å². The minimum absolute atomic E-state index is 1.03. The average molecular weight is 408 g/mol. The normalized spacial score (nSPS) is 12.6. The monoisotopic (exact) mass is 408 g/mol. The van der Waals surface area contributed by atoms with Gasteiger partial charge in [0.05, 0.1) is 22.1 Å². The van der Waals surface area contributed by atoms with Gasteiger partial charge in [-0.15, -0.1) is 0 Å². The van der Waals surface area contributed by atoms with Crippen LogP contribution in [0.3, 0.4) is 0 Å². The summed E-state index contributed by atoms with van der Waals surface area (Å²) in [6.45, 7) is 4.46. The van der Waals surface area contributed by atoms with Crippen molar-refractivity contribution in [2.45, 2.75) is 26.7 Å². The van der Waals surface area contributed by atoms with E-state index in [4.69, 9.17) is 29.2 Å². The van der Waals surface area contributed by atoms with Crippen LogP contribution < -0.4 is 10.7 Å². The van der Waals surface area contributed by atoms with Crippen molar-refractivity contribution in [3.05, 3.63) is 80.8 Å². The molecular weight excluding hydrogens is 387 g/mol. The molecule has 0 saturated carbocycles. The van der Waals surface area contributed by atoms with Gasteiger partial charge in [0, 0.05) is 21.6 Å². The van der Waals surface area contributed by atoms with Gasteiger partial charge in [0.25, 0.3) is 0 Å². The molecule has 0 aliphatic carbocycles. The molecule has 2 aliphatic rings. The third kappa shape index (κ3) is 3.56. The number of hydrogen-bond acceptors (Lipinski definition) is 3. The van der Waals surface area contributed by atoms with Crippen molar-refractivity contribution < 1.29 is 19.2 Å². The van der Waals surface area contributed by atoms with E-state index in [0.717, 1.165) is 34.9 Å². The maximum Gasteiger partial charge on any atom is 0.466 e. The fourth-order valence-electron chi connectivity index (χ4n) is 4.09. The lowest BCUT2D eigenvalue weighted by Gasteiger charge is -2.13. The number of nitrogens with zero attached hydrogens (tertiary/aromatic N) is 2. The summed E-state index contributed by atoms with van der Waals surface area (Å²) >= 11 is 0. The molecule has 0 unspecified atom stereocenters. The predicted molar refractivity (Wildman–Crippen MR) is 111 cm³/mol. The number of aryl methyl sites for hydroxylation is 1. The van der Waals surface area contributed by atoms with Crippen LogP contribution in [-0.4, -0.2) is 14.7 Å². The summed E-state index contributed by atoms with van der Waals surface area (Å²) in [6.07, 6.45) is 2.08. The Bertz CT molecular complexity index is 1390. The smallest absolute Gasteiger partial charge is 0.303 e. The van der Waals surface area contributed by atoms with Gasteiger partial charge in [-0.05, 0) is 48.2 Å². The summed E-state index contributed by atoms with van der Waals surface area (Å²) in [5.41, 5.74) is 7.58. The quantitative estimate of drug-likeness (QED) is 0.390. The first kappa shape index (κ1) is 19.7. The van der Waals surface area contributed by atoms with E-state index < -0.39 is 7.82 Å². The molecule has 6 nitrogen and oxygen atoms in total. The van der Waals surface area contributed by atoms with E-state index >= 15 is 0 Å². The predicted octanol–water partition coefficient (Wildman–Crippen LogP) is 3.37. The highest BCUT2D eigenvalue weighted by Crippen LogP contribution is 2.43. The van der Waals surface area contributed by atoms with Gasteiger partial charge in [-0.1, -0.05) is 38.1 Å². The topological polar surface area (TPSA) is 102 Å². The Labute approximate surface area is 167 Å². The molecule has 0 spiro atoms. The molecule has 3 aromatic rings. The third-order valence-electron chi connectivity index (χ3n) is 5.20. The molecule has 0 fully saturated rings. The first-order valence-corrected chi connectivity index (χ1v) is 11.0. The molecule has 0 saturated heterocycles. The number of para-hydroxylation sites is 1. The number of rotatable bonds is 2. The van der Waals surface area contributed by atoms with E-state index in [1.54, 1.807) is 0 Å². The Morgan fingerprint density at radius 1 is 0.793 bits per heavy atom. The van der Waals surface area contributed by atoms with Crippen LogP contribution in [0.15, 0.2) is 58.5 Å². The summed E-state index contributed by atoms with van der Waals surface area (Å²) in [7, 11) is -4.64. The maximum absolute atomic E-state index is 8.88. The number of phosphoric acid groups is 1. The van der Waals surface area contributed by atoms with Gasteiger partial charge in [-0.3, -0.25) is 0 Å². The molecule has 3 N–H and O–H groups in total. The summed E-state index contributed by atoms with van der Waals surface area (Å²) in [5, 5.41) is 4.59. The van der Waals surface area contributed by atoms with Crippen molar-refractivity contribution in [3.63, 3.8) is 0 Å². The van der Waals surface area contributed by atoms with E-state index in [2.05, 4.69) is 62.4 Å². The number of hydrogen-bond donors (Lipinski definition) is 3. The van der Waals surface area contributed by atoms with Gasteiger partial charge in [0.15, 0.2) is 0 Å². The molecule has 0 bridgehead atoms. The molecule has 0 amide bonds. The summed E-state index contributed by atoms with van der Waals surface area (Å²) in [4.78, 5) is 31.4. The van der Waals surface area contributed by atoms with E-state index in [1.807, 2.05) is 0 Å². The highest BCUT2D eigenvalue weighted by Gasteiger charge is 2.23. The van der Waals surface area contributed by atoms with Gasteiger partial charge in [-0.2, -0.15) is 0 Å². The van der Waals surface area contributed by atoms with Crippen LogP contribution in [0.1, 0.15) is 25.0 Å². The van der Waals surface area contributed by atoms with Crippen molar-refractivity contribution in [1.82, 2.24) is 0 Å². The Kier molecular flexibility index (Phi) is 4.97. The van der Waals surface area contributed by atoms with E-state index in [0.29, 0.717) is 0 Å². The second-order valence-corrected chi connectivity index (χ2v) is 7.94. The van der Waals surface area contributed by atoms with E-state index in [-0.39, 0.29) is 0 Å². The molecule has 148 valence electrons. The van der Waals surface area contributed by atoms with Crippen LogP contribution in [0.25, 0.3) is 11.1 Å². The van der Waals surface area contributed by atoms with E-state index in [9.17, 15) is 0 Å². The second kappa shape index (κ2) is 7.32. The first-order valence-electron chi connectivity index (χ1n) is 9.45. The van der Waals surface area contributed by atoms with Gasteiger partial charge in [0.1, 0.15) is 0 Å². The lowest BCUT2D eigenvalue weighted by atomic mass is 9.91. The molecule has 0 radical (unpaired) electrons. The molecule has 3 aromatic carbocycles. The molecule has 2 aliphatic heterocycles. The Hall–Kier alpha value is -2.63. The van der Waals surface area contributed by atoms with Crippen molar-refractivity contribution in [2.24, 2.45) is 9.98 Å². The number of benzene rings is 3. The Balaban J connectivity index is 0.000000369. The minimum atomic E-state index is -4.64.